The number of fused-ring (bicyclic) bond motifs is 1. The predicted molar refractivity (Wildman–Crippen MR) is 73.3 cm³/mol. The molecule has 9 nitrogen and oxygen atoms in total. The number of rotatable bonds is 2. The maximum absolute atomic E-state index is 11.3. The molecular formula is C9H13N4O5PS. The van der Waals surface area contributed by atoms with Gasteiger partial charge >= 0.3 is 12.7 Å². The Bertz CT molecular complexity index is 647. The van der Waals surface area contributed by atoms with Crippen molar-refractivity contribution in [3.63, 3.8) is 0 Å². The van der Waals surface area contributed by atoms with E-state index < -0.39 is 12.7 Å². The van der Waals surface area contributed by atoms with Gasteiger partial charge in [-0.3, -0.25) is 5.10 Å². The van der Waals surface area contributed by atoms with Crippen LogP contribution >= 0.6 is 6.72 Å². The highest BCUT2D eigenvalue weighted by Crippen LogP contribution is 2.26. The summed E-state index contributed by atoms with van der Waals surface area (Å²) in [4.78, 5) is 42.0. The van der Waals surface area contributed by atoms with E-state index in [9.17, 15) is 4.79 Å². The van der Waals surface area contributed by atoms with Crippen molar-refractivity contribution in [1.82, 2.24) is 20.2 Å². The zero-order valence-electron chi connectivity index (χ0n) is 10.6. The van der Waals surface area contributed by atoms with Crippen molar-refractivity contribution in [3.05, 3.63) is 17.7 Å². The van der Waals surface area contributed by atoms with Crippen LogP contribution in [0.2, 0.25) is 0 Å². The first kappa shape index (κ1) is 16.6. The summed E-state index contributed by atoms with van der Waals surface area (Å²) in [7, 11) is 0. The molecular weight excluding hydrogens is 307 g/mol. The maximum Gasteiger partial charge on any atom is 0.376 e. The van der Waals surface area contributed by atoms with Crippen molar-refractivity contribution in [1.29, 1.82) is 0 Å². The van der Waals surface area contributed by atoms with Crippen LogP contribution in [0.5, 0.6) is 0 Å². The molecule has 0 aliphatic rings. The number of hydrogen-bond donors (Lipinski definition) is 4. The second kappa shape index (κ2) is 6.82. The monoisotopic (exact) mass is 320 g/mol. The van der Waals surface area contributed by atoms with Crippen LogP contribution in [0.25, 0.3) is 11.0 Å². The Morgan fingerprint density at radius 2 is 2.10 bits per heavy atom. The van der Waals surface area contributed by atoms with Gasteiger partial charge in [-0.25, -0.2) is 14.8 Å². The van der Waals surface area contributed by atoms with Crippen molar-refractivity contribution < 1.29 is 24.2 Å². The lowest BCUT2D eigenvalue weighted by atomic mass is 10.3. The van der Waals surface area contributed by atoms with Crippen molar-refractivity contribution in [3.8, 4) is 0 Å². The number of aromatic nitrogens is 4. The molecule has 0 atom stereocenters. The van der Waals surface area contributed by atoms with Crippen molar-refractivity contribution >= 4 is 35.5 Å². The molecule has 20 heavy (non-hydrogen) atoms. The summed E-state index contributed by atoms with van der Waals surface area (Å²) >= 11 is 3.60. The van der Waals surface area contributed by atoms with Gasteiger partial charge in [-0.1, -0.05) is 0 Å². The number of aromatic amines is 1. The highest BCUT2D eigenvalue weighted by atomic mass is 32.5. The van der Waals surface area contributed by atoms with Crippen molar-refractivity contribution in [2.45, 2.75) is 13.8 Å². The predicted octanol–water partition coefficient (Wildman–Crippen LogP) is 0.0258. The Morgan fingerprint density at radius 1 is 1.50 bits per heavy atom. The minimum atomic E-state index is -3.81. The molecule has 0 fully saturated rings. The van der Waals surface area contributed by atoms with Gasteiger partial charge in [0.15, 0.2) is 0 Å². The molecule has 2 heterocycles. The number of carbonyl (C=O) groups is 1. The molecule has 0 radical (unpaired) electrons. The number of esters is 1. The molecule has 0 aromatic carbocycles. The highest BCUT2D eigenvalue weighted by molar-refractivity contribution is 8.06. The van der Waals surface area contributed by atoms with Gasteiger partial charge in [-0.05, 0) is 25.7 Å². The summed E-state index contributed by atoms with van der Waals surface area (Å²) in [6.45, 7) is 0.0708. The summed E-state index contributed by atoms with van der Waals surface area (Å²) < 4.78 is 4.80. The summed E-state index contributed by atoms with van der Waals surface area (Å²) in [5.41, 5.74) is 2.09. The fourth-order valence-electron chi connectivity index (χ4n) is 1.22. The van der Waals surface area contributed by atoms with Crippen molar-refractivity contribution in [2.24, 2.45) is 0 Å². The lowest BCUT2D eigenvalue weighted by Gasteiger charge is -1.99. The lowest BCUT2D eigenvalue weighted by molar-refractivity contribution is 0.0512. The SMILES string of the molecule is CCOC(=O)c1ncc2n[nH]c(C)c2n1.OP(O)(O)=S. The molecule has 0 aliphatic heterocycles. The van der Waals surface area contributed by atoms with Gasteiger partial charge in [0.25, 0.3) is 0 Å². The molecule has 2 rings (SSSR count). The molecule has 0 spiro atoms. The van der Waals surface area contributed by atoms with Gasteiger partial charge < -0.3 is 19.4 Å². The largest absolute Gasteiger partial charge is 0.460 e. The zero-order chi connectivity index (χ0) is 15.3. The minimum absolute atomic E-state index is 0.0638. The van der Waals surface area contributed by atoms with E-state index in [1.807, 2.05) is 6.92 Å². The molecule has 4 N–H and O–H groups in total. The fourth-order valence-corrected chi connectivity index (χ4v) is 1.22. The van der Waals surface area contributed by atoms with Crippen LogP contribution in [0.3, 0.4) is 0 Å². The topological polar surface area (TPSA) is 141 Å². The quantitative estimate of drug-likeness (QED) is 0.445. The number of nitrogens with one attached hydrogen (secondary N) is 1. The number of hydrogen-bond acceptors (Lipinski definition) is 6. The molecule has 0 unspecified atom stereocenters. The van der Waals surface area contributed by atoms with Gasteiger partial charge in [0.1, 0.15) is 11.0 Å². The van der Waals surface area contributed by atoms with E-state index in [-0.39, 0.29) is 5.82 Å². The summed E-state index contributed by atoms with van der Waals surface area (Å²) in [5, 5.41) is 6.73. The van der Waals surface area contributed by atoms with Gasteiger partial charge in [-0.15, -0.1) is 0 Å². The van der Waals surface area contributed by atoms with Crippen molar-refractivity contribution in [2.75, 3.05) is 6.61 Å². The van der Waals surface area contributed by atoms with Gasteiger partial charge in [0, 0.05) is 0 Å². The number of aryl methyl sites for hydroxylation is 1. The van der Waals surface area contributed by atoms with Gasteiger partial charge in [0.05, 0.1) is 18.5 Å². The molecule has 0 saturated heterocycles. The van der Waals surface area contributed by atoms with E-state index in [0.717, 1.165) is 5.69 Å². The summed E-state index contributed by atoms with van der Waals surface area (Å²) in [6.07, 6.45) is 1.50. The third kappa shape index (κ3) is 5.27. The maximum atomic E-state index is 11.3. The van der Waals surface area contributed by atoms with Crippen LogP contribution in [-0.4, -0.2) is 47.4 Å². The van der Waals surface area contributed by atoms with Crippen LogP contribution in [0.15, 0.2) is 6.20 Å². The van der Waals surface area contributed by atoms with E-state index in [1.54, 1.807) is 6.92 Å². The molecule has 0 bridgehead atoms. The average molecular weight is 320 g/mol. The van der Waals surface area contributed by atoms with Crippen LogP contribution in [0, 0.1) is 6.92 Å². The molecule has 2 aromatic heterocycles. The van der Waals surface area contributed by atoms with E-state index in [1.165, 1.54) is 6.20 Å². The smallest absolute Gasteiger partial charge is 0.376 e. The Balaban J connectivity index is 0.000000347. The van der Waals surface area contributed by atoms with E-state index in [0.29, 0.717) is 17.6 Å². The Labute approximate surface area is 118 Å². The Kier molecular flexibility index (Phi) is 5.66. The second-order valence-corrected chi connectivity index (χ2v) is 6.01. The van der Waals surface area contributed by atoms with Crippen LogP contribution < -0.4 is 0 Å². The minimum Gasteiger partial charge on any atom is -0.460 e. The molecule has 0 amide bonds. The second-order valence-electron chi connectivity index (χ2n) is 3.51. The molecule has 110 valence electrons. The van der Waals surface area contributed by atoms with E-state index in [4.69, 9.17) is 19.4 Å². The Morgan fingerprint density at radius 3 is 2.65 bits per heavy atom. The Hall–Kier alpha value is -1.45. The number of H-pyrrole nitrogens is 1. The highest BCUT2D eigenvalue weighted by Gasteiger charge is 2.12. The summed E-state index contributed by atoms with van der Waals surface area (Å²) in [5.74, 6) is -0.450. The summed E-state index contributed by atoms with van der Waals surface area (Å²) in [6, 6.07) is 0. The third-order valence-corrected chi connectivity index (χ3v) is 1.93. The lowest BCUT2D eigenvalue weighted by Crippen LogP contribution is -2.09. The first-order valence-electron chi connectivity index (χ1n) is 5.35. The van der Waals surface area contributed by atoms with Crippen LogP contribution in [0.4, 0.5) is 0 Å². The average Bonchev–Trinajstić information content (AvgIpc) is 2.69. The molecule has 0 saturated carbocycles. The van der Waals surface area contributed by atoms with Gasteiger partial charge in [-0.2, -0.15) is 5.10 Å². The van der Waals surface area contributed by atoms with Crippen LogP contribution in [0.1, 0.15) is 23.2 Å². The fraction of sp³-hybridized carbons (Fsp3) is 0.333. The molecule has 0 aliphatic carbocycles. The van der Waals surface area contributed by atoms with E-state index >= 15 is 0 Å². The van der Waals surface area contributed by atoms with Gasteiger partial charge in [0.2, 0.25) is 5.82 Å². The number of ether oxygens (including phenoxy) is 1. The molecule has 2 aromatic rings. The normalized spacial score (nSPS) is 10.8. The number of nitrogens with zero attached hydrogens (tertiary/aromatic N) is 3. The zero-order valence-corrected chi connectivity index (χ0v) is 12.4. The third-order valence-electron chi connectivity index (χ3n) is 1.93. The van der Waals surface area contributed by atoms with E-state index in [2.05, 4.69) is 32.0 Å². The first-order chi connectivity index (χ1) is 9.22. The standard InChI is InChI=1S/C9H10N4O2.H3O3PS/c1-3-15-9(14)8-10-4-6-7(11-8)5(2)12-13-6;1-4(2,3)5/h4H,3H2,1-2H3,(H,12,13);(H3,1,2,3,5). The van der Waals surface area contributed by atoms with Crippen LogP contribution in [-0.2, 0) is 16.5 Å². The first-order valence-corrected chi connectivity index (χ1v) is 8.01. The number of carbonyl (C=O) groups excluding carboxylic acids is 1. The molecule has 11 heteroatoms.